The second-order valence-electron chi connectivity index (χ2n) is 10.7. The molecule has 0 unspecified atom stereocenters. The molecule has 2 fully saturated rings. The van der Waals surface area contributed by atoms with Crippen LogP contribution in [0.5, 0.6) is 0 Å². The van der Waals surface area contributed by atoms with E-state index < -0.39 is 71.8 Å². The molecule has 0 bridgehead atoms. The van der Waals surface area contributed by atoms with Gasteiger partial charge in [0, 0.05) is 23.4 Å². The molecule has 5 rings (SSSR count). The van der Waals surface area contributed by atoms with Crippen molar-refractivity contribution in [1.29, 1.82) is 5.26 Å². The smallest absolute Gasteiger partial charge is 0.259 e. The molecule has 0 spiro atoms. The first-order chi connectivity index (χ1) is 21.1. The van der Waals surface area contributed by atoms with Crippen molar-refractivity contribution >= 4 is 34.8 Å². The molecule has 2 aliphatic rings. The lowest BCUT2D eigenvalue weighted by Crippen LogP contribution is -2.63. The zero-order chi connectivity index (χ0) is 31.7. The van der Waals surface area contributed by atoms with Crippen LogP contribution in [-0.2, 0) is 14.3 Å². The molecular weight excluding hydrogens is 623 g/mol. The number of hydrogen-bond donors (Lipinski definition) is 3. The number of halogens is 4. The monoisotopic (exact) mass is 651 g/mol. The summed E-state index contributed by atoms with van der Waals surface area (Å²) in [7, 11) is 1.28. The van der Waals surface area contributed by atoms with Crippen LogP contribution < -0.4 is 4.90 Å². The number of anilines is 1. The quantitative estimate of drug-likeness (QED) is 0.326. The Bertz CT molecular complexity index is 1570. The van der Waals surface area contributed by atoms with E-state index >= 15 is 0 Å². The number of carbonyl (C=O) groups is 1. The minimum Gasteiger partial charge on any atom is -0.394 e. The maximum atomic E-state index is 14.7. The Labute approximate surface area is 261 Å². The standard InChI is InChI=1S/C29H29Cl2F2N5O6/c1-43-27-25(37-12-21(35-36-37)17-9-20(33)18(31)10-19(17)32)26(41)24(13-39)44-28(27)29(42)38(22-4-2-3-5-23(22)40)16-7-14(11-34)6-15(30)8-16/h6-10,12,22-28,39-41H,2-5,13H2,1H3/t22-,23-,24+,25-,26-,27+,28+/m0/s1. The molecule has 1 aromatic heterocycles. The van der Waals surface area contributed by atoms with Gasteiger partial charge in [0.1, 0.15) is 41.7 Å². The summed E-state index contributed by atoms with van der Waals surface area (Å²) in [6.07, 6.45) is -2.81. The number of rotatable bonds is 7. The predicted octanol–water partition coefficient (Wildman–Crippen LogP) is 3.42. The van der Waals surface area contributed by atoms with Gasteiger partial charge in [0.25, 0.3) is 5.91 Å². The molecule has 234 valence electrons. The molecule has 11 nitrogen and oxygen atoms in total. The first kappa shape index (κ1) is 32.2. The highest BCUT2D eigenvalue weighted by Crippen LogP contribution is 2.37. The van der Waals surface area contributed by atoms with Crippen LogP contribution in [0.25, 0.3) is 11.3 Å². The van der Waals surface area contributed by atoms with E-state index in [4.69, 9.17) is 32.7 Å². The molecular formula is C29H29Cl2F2N5O6. The Kier molecular flexibility index (Phi) is 9.81. The third-order valence-electron chi connectivity index (χ3n) is 8.04. The SMILES string of the molecule is CO[C@@H]1[C@@H](n2cc(-c3cc(F)c(Cl)cc3F)nn2)[C@@H](O)[C@@H](CO)O[C@H]1C(=O)N(c1cc(Cl)cc(C#N)c1)[C@H]1CCCC[C@@H]1O. The lowest BCUT2D eigenvalue weighted by atomic mass is 9.88. The zero-order valence-electron chi connectivity index (χ0n) is 23.4. The Morgan fingerprint density at radius 1 is 1.18 bits per heavy atom. The van der Waals surface area contributed by atoms with Gasteiger partial charge in [-0.3, -0.25) is 4.79 Å². The fourth-order valence-electron chi connectivity index (χ4n) is 5.91. The number of aliphatic hydroxyl groups is 3. The molecule has 0 radical (unpaired) electrons. The third-order valence-corrected chi connectivity index (χ3v) is 8.55. The molecule has 1 aliphatic carbocycles. The van der Waals surface area contributed by atoms with Gasteiger partial charge in [0.2, 0.25) is 0 Å². The summed E-state index contributed by atoms with van der Waals surface area (Å²) in [5.74, 6) is -2.42. The van der Waals surface area contributed by atoms with E-state index in [-0.39, 0.29) is 27.5 Å². The van der Waals surface area contributed by atoms with Gasteiger partial charge in [-0.25, -0.2) is 13.5 Å². The Hall–Kier alpha value is -3.22. The second-order valence-corrected chi connectivity index (χ2v) is 11.6. The number of amides is 1. The van der Waals surface area contributed by atoms with Gasteiger partial charge in [-0.15, -0.1) is 5.10 Å². The van der Waals surface area contributed by atoms with Crippen LogP contribution in [0.4, 0.5) is 14.5 Å². The second kappa shape index (κ2) is 13.4. The zero-order valence-corrected chi connectivity index (χ0v) is 24.9. The van der Waals surface area contributed by atoms with Crippen LogP contribution in [0.3, 0.4) is 0 Å². The van der Waals surface area contributed by atoms with E-state index in [1.54, 1.807) is 0 Å². The molecule has 3 N–H and O–H groups in total. The molecule has 7 atom stereocenters. The fourth-order valence-corrected chi connectivity index (χ4v) is 6.29. The molecule has 2 aromatic carbocycles. The van der Waals surface area contributed by atoms with E-state index in [2.05, 4.69) is 10.3 Å². The normalized spacial score (nSPS) is 27.1. The van der Waals surface area contributed by atoms with Crippen molar-refractivity contribution in [2.75, 3.05) is 18.6 Å². The van der Waals surface area contributed by atoms with Crippen molar-refractivity contribution in [2.24, 2.45) is 0 Å². The van der Waals surface area contributed by atoms with Crippen LogP contribution in [0, 0.1) is 23.0 Å². The number of benzene rings is 2. The van der Waals surface area contributed by atoms with Crippen LogP contribution in [0.1, 0.15) is 37.3 Å². The van der Waals surface area contributed by atoms with Crippen molar-refractivity contribution in [2.45, 2.75) is 68.3 Å². The third kappa shape index (κ3) is 6.16. The lowest BCUT2D eigenvalue weighted by Gasteiger charge is -2.46. The average molecular weight is 652 g/mol. The Morgan fingerprint density at radius 2 is 1.93 bits per heavy atom. The van der Waals surface area contributed by atoms with Gasteiger partial charge in [-0.05, 0) is 43.2 Å². The summed E-state index contributed by atoms with van der Waals surface area (Å²) in [5.41, 5.74) is 0.0950. The maximum Gasteiger partial charge on any atom is 0.259 e. The summed E-state index contributed by atoms with van der Waals surface area (Å²) in [4.78, 5) is 15.8. The van der Waals surface area contributed by atoms with Crippen LogP contribution in [0.15, 0.2) is 36.5 Å². The number of nitriles is 1. The number of hydrogen-bond acceptors (Lipinski definition) is 9. The first-order valence-electron chi connectivity index (χ1n) is 13.8. The molecule has 1 amide bonds. The number of carbonyl (C=O) groups excluding carboxylic acids is 1. The van der Waals surface area contributed by atoms with E-state index in [9.17, 15) is 34.2 Å². The average Bonchev–Trinajstić information content (AvgIpc) is 3.48. The number of ether oxygens (including phenoxy) is 2. The highest BCUT2D eigenvalue weighted by atomic mass is 35.5. The highest BCUT2D eigenvalue weighted by Gasteiger charge is 2.52. The van der Waals surface area contributed by atoms with Crippen LogP contribution >= 0.6 is 23.2 Å². The van der Waals surface area contributed by atoms with Gasteiger partial charge in [-0.2, -0.15) is 5.26 Å². The number of aliphatic hydroxyl groups excluding tert-OH is 3. The van der Waals surface area contributed by atoms with Gasteiger partial charge in [-0.1, -0.05) is 41.3 Å². The Morgan fingerprint density at radius 3 is 2.61 bits per heavy atom. The Balaban J connectivity index is 1.56. The molecule has 1 aliphatic heterocycles. The predicted molar refractivity (Wildman–Crippen MR) is 154 cm³/mol. The fraction of sp³-hybridized carbons (Fsp3) is 0.448. The molecule has 15 heteroatoms. The van der Waals surface area contributed by atoms with Gasteiger partial charge in [0.15, 0.2) is 6.10 Å². The van der Waals surface area contributed by atoms with Gasteiger partial charge in [0.05, 0.1) is 41.6 Å². The van der Waals surface area contributed by atoms with Crippen LogP contribution in [-0.4, -0.2) is 86.5 Å². The lowest BCUT2D eigenvalue weighted by molar-refractivity contribution is -0.211. The van der Waals surface area contributed by atoms with E-state index in [1.165, 1.54) is 36.4 Å². The highest BCUT2D eigenvalue weighted by molar-refractivity contribution is 6.31. The summed E-state index contributed by atoms with van der Waals surface area (Å²) in [6, 6.07) is 6.15. The molecule has 1 saturated carbocycles. The minimum atomic E-state index is -1.49. The molecule has 2 heterocycles. The van der Waals surface area contributed by atoms with Gasteiger partial charge < -0.3 is 29.7 Å². The van der Waals surface area contributed by atoms with E-state index in [0.29, 0.717) is 12.8 Å². The van der Waals surface area contributed by atoms with E-state index in [1.807, 2.05) is 6.07 Å². The van der Waals surface area contributed by atoms with Crippen LogP contribution in [0.2, 0.25) is 10.0 Å². The number of nitrogens with zero attached hydrogens (tertiary/aromatic N) is 5. The summed E-state index contributed by atoms with van der Waals surface area (Å²) in [5, 5.41) is 49.6. The van der Waals surface area contributed by atoms with Crippen molar-refractivity contribution in [1.82, 2.24) is 15.0 Å². The van der Waals surface area contributed by atoms with E-state index in [0.717, 1.165) is 29.7 Å². The van der Waals surface area contributed by atoms with Crippen molar-refractivity contribution in [3.8, 4) is 17.3 Å². The summed E-state index contributed by atoms with van der Waals surface area (Å²) in [6.45, 7) is -0.696. The largest absolute Gasteiger partial charge is 0.394 e. The number of aromatic nitrogens is 3. The number of methoxy groups -OCH3 is 1. The maximum absolute atomic E-state index is 14.7. The van der Waals surface area contributed by atoms with Gasteiger partial charge >= 0.3 is 0 Å². The van der Waals surface area contributed by atoms with Crippen molar-refractivity contribution < 1.29 is 38.4 Å². The summed E-state index contributed by atoms with van der Waals surface area (Å²) < 4.78 is 41.6. The molecule has 1 saturated heterocycles. The van der Waals surface area contributed by atoms with Crippen molar-refractivity contribution in [3.63, 3.8) is 0 Å². The summed E-state index contributed by atoms with van der Waals surface area (Å²) >= 11 is 12.0. The molecule has 3 aromatic rings. The van der Waals surface area contributed by atoms with Crippen molar-refractivity contribution in [3.05, 3.63) is 63.8 Å². The minimum absolute atomic E-state index is 0.0926. The topological polar surface area (TPSA) is 154 Å². The molecule has 44 heavy (non-hydrogen) atoms. The first-order valence-corrected chi connectivity index (χ1v) is 14.6.